The summed E-state index contributed by atoms with van der Waals surface area (Å²) in [5.41, 5.74) is 1.56. The Bertz CT molecular complexity index is 619. The number of aliphatic hydroxyl groups is 1. The van der Waals surface area contributed by atoms with Crippen LogP contribution in [-0.2, 0) is 6.42 Å². The number of halogens is 2. The second kappa shape index (κ2) is 7.59. The van der Waals surface area contributed by atoms with E-state index < -0.39 is 0 Å². The van der Waals surface area contributed by atoms with Crippen LogP contribution in [0.3, 0.4) is 0 Å². The molecule has 5 heteroatoms. The molecule has 0 radical (unpaired) electrons. The molecule has 1 amide bonds. The third-order valence-electron chi connectivity index (χ3n) is 3.06. The fourth-order valence-corrected chi connectivity index (χ4v) is 2.46. The molecular formula is C16H15BrClNO2. The highest BCUT2D eigenvalue weighted by molar-refractivity contribution is 9.10. The van der Waals surface area contributed by atoms with Gasteiger partial charge in [-0.15, -0.1) is 0 Å². The molecule has 0 aromatic heterocycles. The largest absolute Gasteiger partial charge is 0.394 e. The molecule has 110 valence electrons. The second-order valence-corrected chi connectivity index (χ2v) is 5.93. The van der Waals surface area contributed by atoms with Gasteiger partial charge < -0.3 is 10.4 Å². The number of hydrogen-bond acceptors (Lipinski definition) is 2. The maximum Gasteiger partial charge on any atom is 0.251 e. The van der Waals surface area contributed by atoms with Crippen LogP contribution in [0.1, 0.15) is 15.9 Å². The van der Waals surface area contributed by atoms with E-state index in [0.29, 0.717) is 21.5 Å². The van der Waals surface area contributed by atoms with Crippen LogP contribution in [0.5, 0.6) is 0 Å². The molecule has 2 aromatic carbocycles. The molecule has 0 aliphatic heterocycles. The van der Waals surface area contributed by atoms with Gasteiger partial charge in [-0.2, -0.15) is 0 Å². The minimum atomic E-state index is -0.325. The van der Waals surface area contributed by atoms with E-state index in [9.17, 15) is 9.90 Å². The van der Waals surface area contributed by atoms with Crippen molar-refractivity contribution in [3.8, 4) is 0 Å². The van der Waals surface area contributed by atoms with Crippen molar-refractivity contribution < 1.29 is 9.90 Å². The van der Waals surface area contributed by atoms with Crippen LogP contribution in [0, 0.1) is 0 Å². The molecule has 0 saturated carbocycles. The highest BCUT2D eigenvalue weighted by Gasteiger charge is 2.14. The summed E-state index contributed by atoms with van der Waals surface area (Å²) >= 11 is 9.20. The van der Waals surface area contributed by atoms with E-state index in [1.807, 2.05) is 30.3 Å². The lowest BCUT2D eigenvalue weighted by Crippen LogP contribution is -2.39. The number of rotatable bonds is 5. The first-order chi connectivity index (χ1) is 10.1. The molecule has 21 heavy (non-hydrogen) atoms. The lowest BCUT2D eigenvalue weighted by Gasteiger charge is -2.16. The van der Waals surface area contributed by atoms with E-state index in [4.69, 9.17) is 11.6 Å². The van der Waals surface area contributed by atoms with Crippen LogP contribution in [0.25, 0.3) is 0 Å². The third kappa shape index (κ3) is 4.56. The predicted octanol–water partition coefficient (Wildman–Crippen LogP) is 3.44. The van der Waals surface area contributed by atoms with E-state index in [0.717, 1.165) is 5.56 Å². The van der Waals surface area contributed by atoms with Crippen molar-refractivity contribution in [1.29, 1.82) is 0 Å². The zero-order valence-electron chi connectivity index (χ0n) is 11.2. The SMILES string of the molecule is O=C(N[C@H](CO)Cc1ccccc1)c1ccc(Cl)c(Br)c1. The zero-order valence-corrected chi connectivity index (χ0v) is 13.6. The van der Waals surface area contributed by atoms with E-state index in [1.165, 1.54) is 0 Å². The van der Waals surface area contributed by atoms with Gasteiger partial charge in [0.05, 0.1) is 17.7 Å². The van der Waals surface area contributed by atoms with Gasteiger partial charge in [0, 0.05) is 10.0 Å². The van der Waals surface area contributed by atoms with Gasteiger partial charge in [-0.05, 0) is 46.1 Å². The van der Waals surface area contributed by atoms with Crippen LogP contribution in [0.15, 0.2) is 53.0 Å². The Morgan fingerprint density at radius 2 is 1.95 bits per heavy atom. The summed E-state index contributed by atoms with van der Waals surface area (Å²) < 4.78 is 0.667. The highest BCUT2D eigenvalue weighted by Crippen LogP contribution is 2.23. The molecule has 0 bridgehead atoms. The normalized spacial score (nSPS) is 12.0. The van der Waals surface area contributed by atoms with Gasteiger partial charge >= 0.3 is 0 Å². The number of benzene rings is 2. The van der Waals surface area contributed by atoms with Crippen LogP contribution in [-0.4, -0.2) is 23.7 Å². The fraction of sp³-hybridized carbons (Fsp3) is 0.188. The van der Waals surface area contributed by atoms with Gasteiger partial charge in [0.1, 0.15) is 0 Å². The second-order valence-electron chi connectivity index (χ2n) is 4.67. The summed E-state index contributed by atoms with van der Waals surface area (Å²) in [6.07, 6.45) is 0.581. The lowest BCUT2D eigenvalue weighted by molar-refractivity contribution is 0.0916. The summed E-state index contributed by atoms with van der Waals surface area (Å²) in [5, 5.41) is 12.8. The minimum absolute atomic E-state index is 0.116. The number of aliphatic hydroxyl groups excluding tert-OH is 1. The van der Waals surface area contributed by atoms with E-state index in [1.54, 1.807) is 18.2 Å². The van der Waals surface area contributed by atoms with E-state index >= 15 is 0 Å². The molecule has 0 heterocycles. The number of carbonyl (C=O) groups is 1. The maximum absolute atomic E-state index is 12.2. The third-order valence-corrected chi connectivity index (χ3v) is 4.28. The van der Waals surface area contributed by atoms with Crippen LogP contribution in [0.4, 0.5) is 0 Å². The Labute approximate surface area is 137 Å². The molecule has 0 aliphatic carbocycles. The Morgan fingerprint density at radius 3 is 2.57 bits per heavy atom. The number of carbonyl (C=O) groups excluding carboxylic acids is 1. The van der Waals surface area contributed by atoms with Crippen molar-refractivity contribution in [1.82, 2.24) is 5.32 Å². The lowest BCUT2D eigenvalue weighted by atomic mass is 10.1. The first-order valence-electron chi connectivity index (χ1n) is 6.51. The van der Waals surface area contributed by atoms with Gasteiger partial charge in [-0.1, -0.05) is 41.9 Å². The summed E-state index contributed by atoms with van der Waals surface area (Å²) in [5.74, 6) is -0.234. The molecule has 0 unspecified atom stereocenters. The van der Waals surface area contributed by atoms with E-state index in [-0.39, 0.29) is 18.6 Å². The van der Waals surface area contributed by atoms with Crippen molar-refractivity contribution in [3.63, 3.8) is 0 Å². The maximum atomic E-state index is 12.2. The predicted molar refractivity (Wildman–Crippen MR) is 87.6 cm³/mol. The number of amides is 1. The van der Waals surface area contributed by atoms with Gasteiger partial charge in [-0.3, -0.25) is 4.79 Å². The summed E-state index contributed by atoms with van der Waals surface area (Å²) in [6, 6.07) is 14.4. The molecule has 0 spiro atoms. The zero-order chi connectivity index (χ0) is 15.2. The quantitative estimate of drug-likeness (QED) is 0.849. The van der Waals surface area contributed by atoms with Gasteiger partial charge in [0.2, 0.25) is 0 Å². The Hall–Kier alpha value is -1.36. The first kappa shape index (κ1) is 16.0. The molecule has 2 aromatic rings. The average molecular weight is 369 g/mol. The molecule has 0 aliphatic rings. The molecule has 0 saturated heterocycles. The molecule has 2 rings (SSSR count). The Kier molecular flexibility index (Phi) is 5.79. The number of nitrogens with one attached hydrogen (secondary N) is 1. The summed E-state index contributed by atoms with van der Waals surface area (Å²) in [6.45, 7) is -0.116. The first-order valence-corrected chi connectivity index (χ1v) is 7.68. The topological polar surface area (TPSA) is 49.3 Å². The van der Waals surface area contributed by atoms with Crippen molar-refractivity contribution in [2.75, 3.05) is 6.61 Å². The fourth-order valence-electron chi connectivity index (χ4n) is 1.97. The number of hydrogen-bond donors (Lipinski definition) is 2. The average Bonchev–Trinajstić information content (AvgIpc) is 2.50. The molecule has 2 N–H and O–H groups in total. The molecule has 3 nitrogen and oxygen atoms in total. The van der Waals surface area contributed by atoms with Gasteiger partial charge in [-0.25, -0.2) is 0 Å². The van der Waals surface area contributed by atoms with Gasteiger partial charge in [0.15, 0.2) is 0 Å². The monoisotopic (exact) mass is 367 g/mol. The van der Waals surface area contributed by atoms with Crippen LogP contribution in [0.2, 0.25) is 5.02 Å². The minimum Gasteiger partial charge on any atom is -0.394 e. The Balaban J connectivity index is 2.04. The van der Waals surface area contributed by atoms with Crippen molar-refractivity contribution in [2.24, 2.45) is 0 Å². The van der Waals surface area contributed by atoms with Gasteiger partial charge in [0.25, 0.3) is 5.91 Å². The Morgan fingerprint density at radius 1 is 1.24 bits per heavy atom. The molecular weight excluding hydrogens is 354 g/mol. The smallest absolute Gasteiger partial charge is 0.251 e. The molecule has 1 atom stereocenters. The summed E-state index contributed by atoms with van der Waals surface area (Å²) in [7, 11) is 0. The van der Waals surface area contributed by atoms with Crippen molar-refractivity contribution in [2.45, 2.75) is 12.5 Å². The highest BCUT2D eigenvalue weighted by atomic mass is 79.9. The van der Waals surface area contributed by atoms with Crippen molar-refractivity contribution in [3.05, 3.63) is 69.2 Å². The standard InChI is InChI=1S/C16H15BrClNO2/c17-14-9-12(6-7-15(14)18)16(21)19-13(10-20)8-11-4-2-1-3-5-11/h1-7,9,13,20H,8,10H2,(H,19,21)/t13-/m0/s1. The van der Waals surface area contributed by atoms with E-state index in [2.05, 4.69) is 21.2 Å². The van der Waals surface area contributed by atoms with Crippen LogP contribution < -0.4 is 5.32 Å². The van der Waals surface area contributed by atoms with Crippen molar-refractivity contribution >= 4 is 33.4 Å². The summed E-state index contributed by atoms with van der Waals surface area (Å²) in [4.78, 5) is 12.2. The molecule has 0 fully saturated rings. The van der Waals surface area contributed by atoms with Crippen LogP contribution >= 0.6 is 27.5 Å².